The van der Waals surface area contributed by atoms with Crippen molar-refractivity contribution in [3.05, 3.63) is 0 Å². The van der Waals surface area contributed by atoms with E-state index in [9.17, 15) is 0 Å². The van der Waals surface area contributed by atoms with Gasteiger partial charge in [-0.15, -0.1) is 6.42 Å². The molecule has 1 rings (SSSR count). The summed E-state index contributed by atoms with van der Waals surface area (Å²) in [6.07, 6.45) is 9.36. The third-order valence-electron chi connectivity index (χ3n) is 3.24. The van der Waals surface area contributed by atoms with Crippen molar-refractivity contribution < 1.29 is 0 Å². The van der Waals surface area contributed by atoms with Crippen molar-refractivity contribution in [1.29, 1.82) is 0 Å². The second-order valence-electron chi connectivity index (χ2n) is 4.28. The predicted octanol–water partition coefficient (Wildman–Crippen LogP) is 1.42. The first-order valence-electron chi connectivity index (χ1n) is 5.57. The van der Waals surface area contributed by atoms with Crippen molar-refractivity contribution in [2.24, 2.45) is 0 Å². The number of unbranched alkanes of at least 4 members (excludes halogenated alkanes) is 1. The van der Waals surface area contributed by atoms with Gasteiger partial charge in [-0.3, -0.25) is 9.80 Å². The Morgan fingerprint density at radius 1 is 1.29 bits per heavy atom. The van der Waals surface area contributed by atoms with Gasteiger partial charge >= 0.3 is 0 Å². The summed E-state index contributed by atoms with van der Waals surface area (Å²) < 4.78 is 0. The van der Waals surface area contributed by atoms with Gasteiger partial charge in [0.05, 0.1) is 6.04 Å². The van der Waals surface area contributed by atoms with E-state index in [0.717, 1.165) is 13.1 Å². The van der Waals surface area contributed by atoms with Crippen molar-refractivity contribution in [2.75, 3.05) is 27.2 Å². The van der Waals surface area contributed by atoms with Gasteiger partial charge in [0.25, 0.3) is 0 Å². The molecule has 2 atom stereocenters. The monoisotopic (exact) mass is 194 g/mol. The minimum Gasteiger partial charge on any atom is -0.300 e. The van der Waals surface area contributed by atoms with Gasteiger partial charge < -0.3 is 0 Å². The molecule has 1 fully saturated rings. The fourth-order valence-corrected chi connectivity index (χ4v) is 2.19. The molecular weight excluding hydrogens is 172 g/mol. The topological polar surface area (TPSA) is 6.48 Å². The molecule has 1 saturated heterocycles. The highest BCUT2D eigenvalue weighted by Gasteiger charge is 2.30. The van der Waals surface area contributed by atoms with E-state index in [1.54, 1.807) is 0 Å². The van der Waals surface area contributed by atoms with E-state index in [1.807, 2.05) is 0 Å². The first kappa shape index (κ1) is 11.6. The fraction of sp³-hybridized carbons (Fsp3) is 0.833. The van der Waals surface area contributed by atoms with E-state index in [2.05, 4.69) is 36.7 Å². The summed E-state index contributed by atoms with van der Waals surface area (Å²) in [5, 5.41) is 0. The van der Waals surface area contributed by atoms with Crippen LogP contribution in [0.1, 0.15) is 26.2 Å². The second-order valence-corrected chi connectivity index (χ2v) is 4.28. The van der Waals surface area contributed by atoms with Gasteiger partial charge in [0.15, 0.2) is 0 Å². The fourth-order valence-electron chi connectivity index (χ4n) is 2.19. The molecule has 0 spiro atoms. The van der Waals surface area contributed by atoms with Crippen LogP contribution >= 0.6 is 0 Å². The van der Waals surface area contributed by atoms with Crippen LogP contribution < -0.4 is 0 Å². The van der Waals surface area contributed by atoms with Crippen LogP contribution in [-0.4, -0.2) is 49.1 Å². The maximum absolute atomic E-state index is 5.60. The van der Waals surface area contributed by atoms with Gasteiger partial charge in [0.2, 0.25) is 0 Å². The lowest BCUT2D eigenvalue weighted by atomic mass is 9.97. The van der Waals surface area contributed by atoms with E-state index >= 15 is 0 Å². The number of likely N-dealkylation sites (N-methyl/N-ethyl adjacent to an activating group) is 2. The normalized spacial score (nSPS) is 30.1. The lowest BCUT2D eigenvalue weighted by Crippen LogP contribution is -2.56. The Hall–Kier alpha value is -0.520. The van der Waals surface area contributed by atoms with E-state index in [4.69, 9.17) is 6.42 Å². The molecule has 0 amide bonds. The van der Waals surface area contributed by atoms with Crippen LogP contribution in [0.2, 0.25) is 0 Å². The summed E-state index contributed by atoms with van der Waals surface area (Å²) in [4.78, 5) is 4.72. The van der Waals surface area contributed by atoms with Crippen LogP contribution in [0.15, 0.2) is 0 Å². The Labute approximate surface area is 88.3 Å². The van der Waals surface area contributed by atoms with E-state index in [1.165, 1.54) is 19.3 Å². The highest BCUT2D eigenvalue weighted by molar-refractivity contribution is 5.07. The Morgan fingerprint density at radius 3 is 2.50 bits per heavy atom. The molecule has 0 aromatic heterocycles. The van der Waals surface area contributed by atoms with Gasteiger partial charge in [0.1, 0.15) is 0 Å². The molecule has 2 heteroatoms. The standard InChI is InChI=1S/C12H22N2/c1-5-7-8-12-11(6-2)13(3)9-10-14(12)4/h2,11-12H,5,7-10H2,1,3-4H3. The molecule has 0 bridgehead atoms. The molecule has 80 valence electrons. The van der Waals surface area contributed by atoms with Crippen LogP contribution in [-0.2, 0) is 0 Å². The molecule has 0 aromatic rings. The van der Waals surface area contributed by atoms with E-state index in [-0.39, 0.29) is 0 Å². The van der Waals surface area contributed by atoms with Crippen LogP contribution in [0.5, 0.6) is 0 Å². The number of terminal acetylenes is 1. The molecule has 0 N–H and O–H groups in total. The molecule has 0 aliphatic carbocycles. The van der Waals surface area contributed by atoms with Gasteiger partial charge in [0, 0.05) is 19.1 Å². The maximum atomic E-state index is 5.60. The highest BCUT2D eigenvalue weighted by atomic mass is 15.3. The number of piperazine rings is 1. The van der Waals surface area contributed by atoms with Crippen LogP contribution in [0, 0.1) is 12.3 Å². The van der Waals surface area contributed by atoms with Crippen LogP contribution in [0.3, 0.4) is 0 Å². The number of hydrogen-bond acceptors (Lipinski definition) is 2. The average molecular weight is 194 g/mol. The molecule has 2 unspecified atom stereocenters. The zero-order chi connectivity index (χ0) is 10.6. The zero-order valence-corrected chi connectivity index (χ0v) is 9.66. The first-order valence-corrected chi connectivity index (χ1v) is 5.57. The summed E-state index contributed by atoms with van der Waals surface area (Å²) in [5.41, 5.74) is 0. The summed E-state index contributed by atoms with van der Waals surface area (Å²) in [6.45, 7) is 4.47. The van der Waals surface area contributed by atoms with Crippen molar-refractivity contribution in [3.63, 3.8) is 0 Å². The van der Waals surface area contributed by atoms with E-state index in [0.29, 0.717) is 12.1 Å². The number of nitrogens with zero attached hydrogens (tertiary/aromatic N) is 2. The third-order valence-corrected chi connectivity index (χ3v) is 3.24. The molecule has 0 radical (unpaired) electrons. The van der Waals surface area contributed by atoms with Crippen molar-refractivity contribution in [2.45, 2.75) is 38.3 Å². The Morgan fingerprint density at radius 2 is 1.93 bits per heavy atom. The van der Waals surface area contributed by atoms with Crippen LogP contribution in [0.25, 0.3) is 0 Å². The summed E-state index contributed by atoms with van der Waals surface area (Å²) in [7, 11) is 4.33. The van der Waals surface area contributed by atoms with Crippen molar-refractivity contribution in [1.82, 2.24) is 9.80 Å². The van der Waals surface area contributed by atoms with Crippen molar-refractivity contribution in [3.8, 4) is 12.3 Å². The Bertz CT molecular complexity index is 207. The number of rotatable bonds is 3. The third kappa shape index (κ3) is 2.50. The molecule has 1 aliphatic rings. The minimum absolute atomic E-state index is 0.306. The Kier molecular flexibility index (Phi) is 4.44. The maximum Gasteiger partial charge on any atom is 0.0867 e. The summed E-state index contributed by atoms with van der Waals surface area (Å²) in [5.74, 6) is 2.93. The average Bonchev–Trinajstić information content (AvgIpc) is 2.19. The van der Waals surface area contributed by atoms with E-state index < -0.39 is 0 Å². The smallest absolute Gasteiger partial charge is 0.0867 e. The largest absolute Gasteiger partial charge is 0.300 e. The quantitative estimate of drug-likeness (QED) is 0.627. The highest BCUT2D eigenvalue weighted by Crippen LogP contribution is 2.18. The molecule has 1 aliphatic heterocycles. The molecule has 14 heavy (non-hydrogen) atoms. The SMILES string of the molecule is C#CC1C(CCCC)N(C)CCN1C. The molecule has 0 aromatic carbocycles. The first-order chi connectivity index (χ1) is 6.70. The lowest BCUT2D eigenvalue weighted by Gasteiger charge is -2.42. The van der Waals surface area contributed by atoms with Gasteiger partial charge in [-0.05, 0) is 20.5 Å². The van der Waals surface area contributed by atoms with Gasteiger partial charge in [-0.25, -0.2) is 0 Å². The van der Waals surface area contributed by atoms with Gasteiger partial charge in [-0.2, -0.15) is 0 Å². The molecular formula is C12H22N2. The molecule has 1 heterocycles. The summed E-state index contributed by atoms with van der Waals surface area (Å²) in [6, 6.07) is 0.860. The lowest BCUT2D eigenvalue weighted by molar-refractivity contribution is 0.0748. The Balaban J connectivity index is 2.60. The van der Waals surface area contributed by atoms with Gasteiger partial charge in [-0.1, -0.05) is 25.7 Å². The zero-order valence-electron chi connectivity index (χ0n) is 9.66. The van der Waals surface area contributed by atoms with Crippen molar-refractivity contribution >= 4 is 0 Å². The summed E-state index contributed by atoms with van der Waals surface area (Å²) >= 11 is 0. The minimum atomic E-state index is 0.306. The molecule has 2 nitrogen and oxygen atoms in total. The number of hydrogen-bond donors (Lipinski definition) is 0. The second kappa shape index (κ2) is 5.38. The van der Waals surface area contributed by atoms with Crippen LogP contribution in [0.4, 0.5) is 0 Å². The predicted molar refractivity (Wildman–Crippen MR) is 61.2 cm³/mol. The molecule has 0 saturated carbocycles.